The zero-order chi connectivity index (χ0) is 28.8. The van der Waals surface area contributed by atoms with E-state index in [1.54, 1.807) is 22.9 Å². The third kappa shape index (κ3) is 5.70. The summed E-state index contributed by atoms with van der Waals surface area (Å²) in [6.07, 6.45) is -1.34. The maximum absolute atomic E-state index is 12.8. The van der Waals surface area contributed by atoms with Crippen molar-refractivity contribution in [3.63, 3.8) is 0 Å². The molecule has 2 aliphatic heterocycles. The highest BCUT2D eigenvalue weighted by Gasteiger charge is 2.52. The molecule has 2 aliphatic rings. The Hall–Kier alpha value is -2.34. The summed E-state index contributed by atoms with van der Waals surface area (Å²) in [4.78, 5) is 14.0. The van der Waals surface area contributed by atoms with Gasteiger partial charge in [-0.1, -0.05) is 24.9 Å². The smallest absolute Gasteiger partial charge is 0.251 e. The fraction of sp³-hybridized carbons (Fsp3) is 0.536. The SMILES string of the molecule is CCC[C@@H](O)COc1ccc(Cl)c(-c2nc(-c3c(C)c(Br)nn3C)c(C)c(N3CC4(CN(CC(F)F)C4)C3)n2)c1. The van der Waals surface area contributed by atoms with Crippen LogP contribution in [-0.2, 0) is 7.05 Å². The van der Waals surface area contributed by atoms with Gasteiger partial charge in [-0.05, 0) is 54.4 Å². The average molecular weight is 640 g/mol. The van der Waals surface area contributed by atoms with Gasteiger partial charge in [-0.25, -0.2) is 18.7 Å². The predicted molar refractivity (Wildman–Crippen MR) is 155 cm³/mol. The molecule has 2 saturated heterocycles. The van der Waals surface area contributed by atoms with E-state index in [2.05, 4.69) is 25.9 Å². The van der Waals surface area contributed by atoms with Gasteiger partial charge in [-0.3, -0.25) is 9.58 Å². The molecular weight excluding hydrogens is 606 g/mol. The normalized spacial score (nSPS) is 17.3. The Labute approximate surface area is 246 Å². The first kappa shape index (κ1) is 29.2. The molecule has 0 aliphatic carbocycles. The molecule has 2 aromatic heterocycles. The summed E-state index contributed by atoms with van der Waals surface area (Å²) in [6.45, 7) is 8.82. The topological polar surface area (TPSA) is 79.5 Å². The second-order valence-electron chi connectivity index (χ2n) is 11.0. The van der Waals surface area contributed by atoms with Gasteiger partial charge < -0.3 is 14.7 Å². The monoisotopic (exact) mass is 638 g/mol. The molecule has 1 spiro atoms. The molecule has 8 nitrogen and oxygen atoms in total. The molecule has 3 aromatic rings. The van der Waals surface area contributed by atoms with Crippen LogP contribution in [0, 0.1) is 19.3 Å². The van der Waals surface area contributed by atoms with E-state index < -0.39 is 12.5 Å². The van der Waals surface area contributed by atoms with Gasteiger partial charge in [0.15, 0.2) is 5.82 Å². The first-order chi connectivity index (χ1) is 19.0. The lowest BCUT2D eigenvalue weighted by atomic mass is 9.72. The van der Waals surface area contributed by atoms with Crippen LogP contribution >= 0.6 is 27.5 Å². The summed E-state index contributed by atoms with van der Waals surface area (Å²) in [5.74, 6) is 1.80. The van der Waals surface area contributed by atoms with Crippen molar-refractivity contribution in [2.75, 3.05) is 44.2 Å². The fourth-order valence-corrected chi connectivity index (χ4v) is 6.43. The molecule has 0 amide bonds. The van der Waals surface area contributed by atoms with Gasteiger partial charge in [0, 0.05) is 55.3 Å². The number of aliphatic hydroxyl groups excluding tert-OH is 1. The van der Waals surface area contributed by atoms with E-state index in [1.165, 1.54) is 0 Å². The number of halogens is 4. The number of hydrogen-bond acceptors (Lipinski definition) is 7. The quantitative estimate of drug-likeness (QED) is 0.314. The van der Waals surface area contributed by atoms with Gasteiger partial charge in [0.1, 0.15) is 22.8 Å². The standard InChI is InChI=1S/C28H34BrClF2N6O2/c1-5-6-18(39)11-40-19-7-8-21(30)20(9-19)26-33-23(24-17(3)25(29)35-36(24)4)16(2)27(34-26)38-14-28(15-38)12-37(13-28)10-22(31)32/h7-9,18,22,39H,5-6,10-15H2,1-4H3/t18-/m1/s1. The Morgan fingerprint density at radius 2 is 1.88 bits per heavy atom. The molecule has 1 aromatic carbocycles. The molecule has 5 rings (SSSR count). The number of hydrogen-bond donors (Lipinski definition) is 1. The minimum atomic E-state index is -2.32. The summed E-state index contributed by atoms with van der Waals surface area (Å²) in [5.41, 5.74) is 4.11. The molecule has 1 atom stereocenters. The summed E-state index contributed by atoms with van der Waals surface area (Å²) in [6, 6.07) is 5.32. The van der Waals surface area contributed by atoms with E-state index in [9.17, 15) is 13.9 Å². The minimum absolute atomic E-state index is 0.0167. The third-order valence-electron chi connectivity index (χ3n) is 7.68. The number of likely N-dealkylation sites (tertiary alicyclic amines) is 1. The number of rotatable bonds is 10. The van der Waals surface area contributed by atoms with Crippen LogP contribution in [-0.4, -0.2) is 81.6 Å². The van der Waals surface area contributed by atoms with Crippen LogP contribution < -0.4 is 9.64 Å². The predicted octanol–water partition coefficient (Wildman–Crippen LogP) is 5.50. The van der Waals surface area contributed by atoms with Crippen LogP contribution in [0.5, 0.6) is 5.75 Å². The first-order valence-electron chi connectivity index (χ1n) is 13.4. The number of aryl methyl sites for hydroxylation is 1. The molecule has 12 heteroatoms. The van der Waals surface area contributed by atoms with E-state index >= 15 is 0 Å². The molecule has 1 N–H and O–H groups in total. The lowest BCUT2D eigenvalue weighted by Gasteiger charge is -2.60. The number of alkyl halides is 2. The van der Waals surface area contributed by atoms with E-state index in [1.807, 2.05) is 32.7 Å². The highest BCUT2D eigenvalue weighted by Crippen LogP contribution is 2.44. The zero-order valence-corrected chi connectivity index (χ0v) is 25.4. The second kappa shape index (κ2) is 11.5. The second-order valence-corrected chi connectivity index (χ2v) is 12.2. The van der Waals surface area contributed by atoms with Gasteiger partial charge in [0.05, 0.1) is 29.1 Å². The number of nitrogens with zero attached hydrogens (tertiary/aromatic N) is 6. The van der Waals surface area contributed by atoms with Crippen molar-refractivity contribution in [2.24, 2.45) is 12.5 Å². The Morgan fingerprint density at radius 1 is 1.15 bits per heavy atom. The molecule has 0 bridgehead atoms. The van der Waals surface area contributed by atoms with Gasteiger partial charge in [0.2, 0.25) is 0 Å². The van der Waals surface area contributed by atoms with E-state index in [0.717, 1.165) is 52.4 Å². The molecule has 4 heterocycles. The van der Waals surface area contributed by atoms with Crippen molar-refractivity contribution in [3.05, 3.63) is 39.0 Å². The Balaban J connectivity index is 1.50. The molecular formula is C28H34BrClF2N6O2. The van der Waals surface area contributed by atoms with Crippen molar-refractivity contribution in [2.45, 2.75) is 46.1 Å². The van der Waals surface area contributed by atoms with E-state index in [-0.39, 0.29) is 18.6 Å². The van der Waals surface area contributed by atoms with Crippen molar-refractivity contribution in [1.82, 2.24) is 24.6 Å². The fourth-order valence-electron chi connectivity index (χ4n) is 5.81. The Morgan fingerprint density at radius 3 is 2.50 bits per heavy atom. The largest absolute Gasteiger partial charge is 0.491 e. The molecule has 216 valence electrons. The summed E-state index contributed by atoms with van der Waals surface area (Å²) < 4.78 is 34.0. The summed E-state index contributed by atoms with van der Waals surface area (Å²) >= 11 is 10.2. The zero-order valence-electron chi connectivity index (χ0n) is 23.1. The van der Waals surface area contributed by atoms with Gasteiger partial charge in [0.25, 0.3) is 6.43 Å². The molecule has 2 fully saturated rings. The Kier molecular flexibility index (Phi) is 8.39. The highest BCUT2D eigenvalue weighted by atomic mass is 79.9. The lowest BCUT2D eigenvalue weighted by molar-refractivity contribution is -0.0515. The van der Waals surface area contributed by atoms with Crippen LogP contribution in [0.25, 0.3) is 22.8 Å². The average Bonchev–Trinajstić information content (AvgIpc) is 3.10. The molecule has 0 saturated carbocycles. The number of anilines is 1. The van der Waals surface area contributed by atoms with E-state index in [4.69, 9.17) is 26.3 Å². The number of ether oxygens (including phenoxy) is 1. The third-order valence-corrected chi connectivity index (χ3v) is 8.76. The van der Waals surface area contributed by atoms with Gasteiger partial charge in [-0.15, -0.1) is 0 Å². The van der Waals surface area contributed by atoms with Gasteiger partial charge in [-0.2, -0.15) is 5.10 Å². The van der Waals surface area contributed by atoms with Crippen LogP contribution in [0.4, 0.5) is 14.6 Å². The highest BCUT2D eigenvalue weighted by molar-refractivity contribution is 9.10. The van der Waals surface area contributed by atoms with Crippen LogP contribution in [0.2, 0.25) is 5.02 Å². The number of aliphatic hydroxyl groups is 1. The van der Waals surface area contributed by atoms with Crippen molar-refractivity contribution in [1.29, 1.82) is 0 Å². The van der Waals surface area contributed by atoms with Crippen LogP contribution in [0.15, 0.2) is 22.8 Å². The minimum Gasteiger partial charge on any atom is -0.491 e. The van der Waals surface area contributed by atoms with Crippen molar-refractivity contribution < 1.29 is 18.6 Å². The summed E-state index contributed by atoms with van der Waals surface area (Å²) in [7, 11) is 1.88. The van der Waals surface area contributed by atoms with E-state index in [0.29, 0.717) is 41.7 Å². The van der Waals surface area contributed by atoms with Crippen LogP contribution in [0.1, 0.15) is 30.9 Å². The van der Waals surface area contributed by atoms with Gasteiger partial charge >= 0.3 is 0 Å². The maximum atomic E-state index is 12.8. The van der Waals surface area contributed by atoms with Crippen molar-refractivity contribution >= 4 is 33.3 Å². The maximum Gasteiger partial charge on any atom is 0.251 e. The lowest BCUT2D eigenvalue weighted by Crippen LogP contribution is -2.72. The molecule has 0 radical (unpaired) electrons. The summed E-state index contributed by atoms with van der Waals surface area (Å²) in [5, 5.41) is 15.1. The number of aromatic nitrogens is 4. The van der Waals surface area contributed by atoms with Crippen LogP contribution in [0.3, 0.4) is 0 Å². The van der Waals surface area contributed by atoms with Crippen molar-refractivity contribution in [3.8, 4) is 28.5 Å². The molecule has 40 heavy (non-hydrogen) atoms. The Bertz CT molecular complexity index is 1390. The molecule has 0 unspecified atom stereocenters. The number of benzene rings is 1. The first-order valence-corrected chi connectivity index (χ1v) is 14.6.